The summed E-state index contributed by atoms with van der Waals surface area (Å²) in [7, 11) is 0. The SMILES string of the molecule is O=C(OCc1ccccc1)N1CC(Oc2ccc3c(c2)CNC3)C1. The Morgan fingerprint density at radius 2 is 1.88 bits per heavy atom. The summed E-state index contributed by atoms with van der Waals surface area (Å²) in [6, 6.07) is 15.9. The molecule has 0 saturated carbocycles. The van der Waals surface area contributed by atoms with Gasteiger partial charge in [-0.1, -0.05) is 36.4 Å². The lowest BCUT2D eigenvalue weighted by Gasteiger charge is -2.38. The minimum atomic E-state index is -0.281. The molecular formula is C19H20N2O3. The van der Waals surface area contributed by atoms with Crippen molar-refractivity contribution < 1.29 is 14.3 Å². The number of benzene rings is 2. The summed E-state index contributed by atoms with van der Waals surface area (Å²) in [6.07, 6.45) is -0.237. The Morgan fingerprint density at radius 1 is 1.08 bits per heavy atom. The van der Waals surface area contributed by atoms with Gasteiger partial charge in [-0.3, -0.25) is 0 Å². The predicted octanol–water partition coefficient (Wildman–Crippen LogP) is 2.69. The molecule has 1 saturated heterocycles. The van der Waals surface area contributed by atoms with E-state index in [1.165, 1.54) is 11.1 Å². The lowest BCUT2D eigenvalue weighted by atomic mass is 10.1. The van der Waals surface area contributed by atoms with Crippen LogP contribution in [0.25, 0.3) is 0 Å². The van der Waals surface area contributed by atoms with Crippen molar-refractivity contribution in [2.75, 3.05) is 13.1 Å². The van der Waals surface area contributed by atoms with Gasteiger partial charge in [-0.15, -0.1) is 0 Å². The van der Waals surface area contributed by atoms with Gasteiger partial charge in [-0.2, -0.15) is 0 Å². The fraction of sp³-hybridized carbons (Fsp3) is 0.316. The summed E-state index contributed by atoms with van der Waals surface area (Å²) in [6.45, 7) is 3.28. The second kappa shape index (κ2) is 6.53. The first kappa shape index (κ1) is 15.0. The molecule has 0 spiro atoms. The average Bonchev–Trinajstić information content (AvgIpc) is 3.04. The molecule has 2 heterocycles. The number of amides is 1. The van der Waals surface area contributed by atoms with Crippen LogP contribution in [0, 0.1) is 0 Å². The summed E-state index contributed by atoms with van der Waals surface area (Å²) in [5.41, 5.74) is 3.62. The van der Waals surface area contributed by atoms with Gasteiger partial charge < -0.3 is 19.7 Å². The molecule has 0 aliphatic carbocycles. The molecule has 5 heteroatoms. The number of hydrogen-bond acceptors (Lipinski definition) is 4. The first-order chi connectivity index (χ1) is 11.8. The second-order valence-electron chi connectivity index (χ2n) is 6.22. The number of likely N-dealkylation sites (tertiary alicyclic amines) is 1. The van der Waals surface area contributed by atoms with Crippen LogP contribution in [0.1, 0.15) is 16.7 Å². The maximum atomic E-state index is 12.0. The normalized spacial score (nSPS) is 16.4. The van der Waals surface area contributed by atoms with Crippen LogP contribution in [0.2, 0.25) is 0 Å². The highest BCUT2D eigenvalue weighted by molar-refractivity contribution is 5.68. The van der Waals surface area contributed by atoms with Crippen LogP contribution in [-0.4, -0.2) is 30.2 Å². The molecule has 0 atom stereocenters. The van der Waals surface area contributed by atoms with Crippen molar-refractivity contribution in [3.05, 3.63) is 65.2 Å². The second-order valence-corrected chi connectivity index (χ2v) is 6.22. The zero-order chi connectivity index (χ0) is 16.4. The lowest BCUT2D eigenvalue weighted by Crippen LogP contribution is -2.56. The van der Waals surface area contributed by atoms with Crippen molar-refractivity contribution >= 4 is 6.09 Å². The van der Waals surface area contributed by atoms with E-state index in [9.17, 15) is 4.79 Å². The Bertz CT molecular complexity index is 727. The largest absolute Gasteiger partial charge is 0.487 e. The average molecular weight is 324 g/mol. The number of rotatable bonds is 4. The maximum Gasteiger partial charge on any atom is 0.410 e. The van der Waals surface area contributed by atoms with Gasteiger partial charge in [0.1, 0.15) is 18.5 Å². The number of carbonyl (C=O) groups excluding carboxylic acids is 1. The van der Waals surface area contributed by atoms with E-state index in [2.05, 4.69) is 17.4 Å². The Labute approximate surface area is 141 Å². The van der Waals surface area contributed by atoms with Gasteiger partial charge in [0.15, 0.2) is 0 Å². The molecule has 2 aromatic carbocycles. The topological polar surface area (TPSA) is 50.8 Å². The predicted molar refractivity (Wildman–Crippen MR) is 89.6 cm³/mol. The molecule has 124 valence electrons. The Hall–Kier alpha value is -2.53. The van der Waals surface area contributed by atoms with Crippen LogP contribution in [0.15, 0.2) is 48.5 Å². The van der Waals surface area contributed by atoms with Crippen LogP contribution >= 0.6 is 0 Å². The summed E-state index contributed by atoms with van der Waals surface area (Å²) in [5, 5.41) is 3.32. The third-order valence-corrected chi connectivity index (χ3v) is 4.42. The van der Waals surface area contributed by atoms with Gasteiger partial charge in [0.05, 0.1) is 13.1 Å². The van der Waals surface area contributed by atoms with E-state index < -0.39 is 0 Å². The van der Waals surface area contributed by atoms with E-state index in [1.54, 1.807) is 4.90 Å². The molecule has 0 aromatic heterocycles. The quantitative estimate of drug-likeness (QED) is 0.939. The lowest BCUT2D eigenvalue weighted by molar-refractivity contribution is 0.00867. The minimum Gasteiger partial charge on any atom is -0.487 e. The first-order valence-corrected chi connectivity index (χ1v) is 8.23. The number of nitrogens with one attached hydrogen (secondary N) is 1. The molecule has 2 aliphatic heterocycles. The van der Waals surface area contributed by atoms with E-state index in [0.717, 1.165) is 24.4 Å². The third kappa shape index (κ3) is 3.21. The highest BCUT2D eigenvalue weighted by atomic mass is 16.6. The molecule has 1 amide bonds. The van der Waals surface area contributed by atoms with Gasteiger partial charge in [-0.25, -0.2) is 4.79 Å². The van der Waals surface area contributed by atoms with Crippen LogP contribution in [-0.2, 0) is 24.4 Å². The summed E-state index contributed by atoms with van der Waals surface area (Å²) < 4.78 is 11.3. The molecule has 0 radical (unpaired) electrons. The first-order valence-electron chi connectivity index (χ1n) is 8.23. The minimum absolute atomic E-state index is 0.0432. The number of hydrogen-bond donors (Lipinski definition) is 1. The Morgan fingerprint density at radius 3 is 2.71 bits per heavy atom. The number of carbonyl (C=O) groups is 1. The third-order valence-electron chi connectivity index (χ3n) is 4.42. The Kier molecular flexibility index (Phi) is 4.09. The van der Waals surface area contributed by atoms with E-state index in [0.29, 0.717) is 19.7 Å². The number of ether oxygens (including phenoxy) is 2. The summed E-state index contributed by atoms with van der Waals surface area (Å²) in [5.74, 6) is 0.875. The van der Waals surface area contributed by atoms with Crippen molar-refractivity contribution in [1.29, 1.82) is 0 Å². The molecule has 4 rings (SSSR count). The van der Waals surface area contributed by atoms with Crippen molar-refractivity contribution in [2.24, 2.45) is 0 Å². The van der Waals surface area contributed by atoms with E-state index in [1.807, 2.05) is 36.4 Å². The highest BCUT2D eigenvalue weighted by Gasteiger charge is 2.33. The summed E-state index contributed by atoms with van der Waals surface area (Å²) in [4.78, 5) is 13.7. The van der Waals surface area contributed by atoms with Crippen LogP contribution in [0.3, 0.4) is 0 Å². The van der Waals surface area contributed by atoms with Crippen molar-refractivity contribution in [3.63, 3.8) is 0 Å². The molecular weight excluding hydrogens is 304 g/mol. The molecule has 2 aromatic rings. The van der Waals surface area contributed by atoms with Crippen molar-refractivity contribution in [2.45, 2.75) is 25.8 Å². The highest BCUT2D eigenvalue weighted by Crippen LogP contribution is 2.24. The van der Waals surface area contributed by atoms with Gasteiger partial charge >= 0.3 is 6.09 Å². The molecule has 24 heavy (non-hydrogen) atoms. The molecule has 1 N–H and O–H groups in total. The summed E-state index contributed by atoms with van der Waals surface area (Å²) >= 11 is 0. The van der Waals surface area contributed by atoms with Crippen molar-refractivity contribution in [1.82, 2.24) is 10.2 Å². The number of fused-ring (bicyclic) bond motifs is 1. The van der Waals surface area contributed by atoms with Crippen LogP contribution < -0.4 is 10.1 Å². The Balaban J connectivity index is 1.23. The maximum absolute atomic E-state index is 12.0. The molecule has 2 aliphatic rings. The van der Waals surface area contributed by atoms with Crippen LogP contribution in [0.4, 0.5) is 4.79 Å². The van der Waals surface area contributed by atoms with Crippen molar-refractivity contribution in [3.8, 4) is 5.75 Å². The molecule has 5 nitrogen and oxygen atoms in total. The van der Waals surface area contributed by atoms with E-state index in [-0.39, 0.29) is 12.2 Å². The van der Waals surface area contributed by atoms with Gasteiger partial charge in [0.2, 0.25) is 0 Å². The van der Waals surface area contributed by atoms with Gasteiger partial charge in [-0.05, 0) is 28.8 Å². The molecule has 1 fully saturated rings. The zero-order valence-corrected chi connectivity index (χ0v) is 13.4. The zero-order valence-electron chi connectivity index (χ0n) is 13.4. The van der Waals surface area contributed by atoms with Gasteiger partial charge in [0, 0.05) is 13.1 Å². The monoisotopic (exact) mass is 324 g/mol. The smallest absolute Gasteiger partial charge is 0.410 e. The van der Waals surface area contributed by atoms with E-state index in [4.69, 9.17) is 9.47 Å². The fourth-order valence-corrected chi connectivity index (χ4v) is 3.01. The standard InChI is InChI=1S/C19H20N2O3/c22-19(23-13-14-4-2-1-3-5-14)21-11-18(12-21)24-17-7-6-15-9-20-10-16(15)8-17/h1-8,18,20H,9-13H2. The molecule has 0 bridgehead atoms. The van der Waals surface area contributed by atoms with Gasteiger partial charge in [0.25, 0.3) is 0 Å². The van der Waals surface area contributed by atoms with E-state index >= 15 is 0 Å². The fourth-order valence-electron chi connectivity index (χ4n) is 3.01. The number of nitrogens with zero attached hydrogens (tertiary/aromatic N) is 1. The van der Waals surface area contributed by atoms with Crippen LogP contribution in [0.5, 0.6) is 5.75 Å². The molecule has 0 unspecified atom stereocenters.